The third-order valence-corrected chi connectivity index (χ3v) is 3.14. The van der Waals surface area contributed by atoms with Crippen LogP contribution in [0, 0.1) is 0 Å². The van der Waals surface area contributed by atoms with Crippen LogP contribution in [0.5, 0.6) is 11.5 Å². The van der Waals surface area contributed by atoms with Crippen LogP contribution in [0.4, 0.5) is 0 Å². The predicted octanol–water partition coefficient (Wildman–Crippen LogP) is 2.12. The van der Waals surface area contributed by atoms with E-state index in [1.807, 2.05) is 12.1 Å². The second kappa shape index (κ2) is 5.50. The highest BCUT2D eigenvalue weighted by Gasteiger charge is 2.16. The van der Waals surface area contributed by atoms with Gasteiger partial charge < -0.3 is 19.8 Å². The summed E-state index contributed by atoms with van der Waals surface area (Å²) in [6.45, 7) is 2.54. The van der Waals surface area contributed by atoms with Crippen LogP contribution in [0.1, 0.15) is 11.3 Å². The van der Waals surface area contributed by atoms with Gasteiger partial charge in [-0.25, -0.2) is 4.98 Å². The van der Waals surface area contributed by atoms with E-state index < -0.39 is 0 Å². The van der Waals surface area contributed by atoms with Gasteiger partial charge in [-0.3, -0.25) is 0 Å². The van der Waals surface area contributed by atoms with E-state index in [1.165, 1.54) is 0 Å². The number of aromatic nitrogens is 2. The number of benzene rings is 1. The summed E-state index contributed by atoms with van der Waals surface area (Å²) in [5.74, 6) is 1.36. The molecular weight excluding hydrogens is 266 g/mol. The summed E-state index contributed by atoms with van der Waals surface area (Å²) in [6, 6.07) is 3.86. The Morgan fingerprint density at radius 3 is 3.00 bits per heavy atom. The maximum atomic E-state index is 6.18. The van der Waals surface area contributed by atoms with Crippen molar-refractivity contribution in [2.75, 3.05) is 13.2 Å². The van der Waals surface area contributed by atoms with Gasteiger partial charge in [-0.15, -0.1) is 0 Å². The number of hydrogen-bond donors (Lipinski definition) is 2. The Bertz CT molecular complexity index is 557. The Balaban J connectivity index is 1.66. The van der Waals surface area contributed by atoms with Crippen LogP contribution in [0.25, 0.3) is 0 Å². The van der Waals surface area contributed by atoms with Crippen LogP contribution in [0.15, 0.2) is 24.7 Å². The van der Waals surface area contributed by atoms with Crippen molar-refractivity contribution < 1.29 is 9.47 Å². The smallest absolute Gasteiger partial charge is 0.179 e. The fourth-order valence-electron chi connectivity index (χ4n) is 1.99. The van der Waals surface area contributed by atoms with Crippen molar-refractivity contribution in [1.29, 1.82) is 0 Å². The molecule has 0 unspecified atom stereocenters. The molecule has 0 amide bonds. The average molecular weight is 280 g/mol. The number of nitrogens with zero attached hydrogens (tertiary/aromatic N) is 1. The van der Waals surface area contributed by atoms with Crippen LogP contribution < -0.4 is 14.8 Å². The van der Waals surface area contributed by atoms with Gasteiger partial charge in [-0.2, -0.15) is 0 Å². The number of rotatable bonds is 4. The van der Waals surface area contributed by atoms with E-state index in [2.05, 4.69) is 15.3 Å². The normalized spacial score (nSPS) is 13.5. The highest BCUT2D eigenvalue weighted by atomic mass is 35.5. The molecule has 0 spiro atoms. The zero-order chi connectivity index (χ0) is 13.1. The van der Waals surface area contributed by atoms with Gasteiger partial charge >= 0.3 is 0 Å². The van der Waals surface area contributed by atoms with Crippen molar-refractivity contribution in [3.05, 3.63) is 40.9 Å². The van der Waals surface area contributed by atoms with Gasteiger partial charge in [0.25, 0.3) is 0 Å². The van der Waals surface area contributed by atoms with Crippen LogP contribution in [-0.2, 0) is 13.1 Å². The van der Waals surface area contributed by atoms with Crippen molar-refractivity contribution >= 4 is 11.6 Å². The summed E-state index contributed by atoms with van der Waals surface area (Å²) < 4.78 is 11.0. The first-order valence-electron chi connectivity index (χ1n) is 6.09. The van der Waals surface area contributed by atoms with Crippen LogP contribution in [0.3, 0.4) is 0 Å². The molecule has 0 bridgehead atoms. The molecule has 19 heavy (non-hydrogen) atoms. The topological polar surface area (TPSA) is 59.2 Å². The molecule has 1 aliphatic heterocycles. The van der Waals surface area contributed by atoms with Crippen molar-refractivity contribution in [3.63, 3.8) is 0 Å². The molecule has 0 aliphatic carbocycles. The third kappa shape index (κ3) is 2.83. The second-order valence-electron chi connectivity index (χ2n) is 4.28. The second-order valence-corrected chi connectivity index (χ2v) is 4.69. The van der Waals surface area contributed by atoms with E-state index in [0.29, 0.717) is 30.5 Å². The molecule has 2 aromatic rings. The number of H-pyrrole nitrogens is 1. The van der Waals surface area contributed by atoms with E-state index >= 15 is 0 Å². The molecule has 6 heteroatoms. The van der Waals surface area contributed by atoms with Crippen molar-refractivity contribution in [2.24, 2.45) is 0 Å². The highest BCUT2D eigenvalue weighted by molar-refractivity contribution is 6.32. The number of nitrogens with one attached hydrogen (secondary N) is 2. The average Bonchev–Trinajstić information content (AvgIpc) is 2.92. The largest absolute Gasteiger partial charge is 0.486 e. The Labute approximate surface area is 115 Å². The molecule has 0 fully saturated rings. The molecular formula is C13H14ClN3O2. The summed E-state index contributed by atoms with van der Waals surface area (Å²) in [6.07, 6.45) is 3.46. The number of halogens is 1. The molecule has 1 aliphatic rings. The first-order valence-corrected chi connectivity index (χ1v) is 6.47. The molecule has 0 radical (unpaired) electrons. The maximum absolute atomic E-state index is 6.18. The van der Waals surface area contributed by atoms with Crippen LogP contribution >= 0.6 is 11.6 Å². The molecule has 2 heterocycles. The lowest BCUT2D eigenvalue weighted by Gasteiger charge is -2.20. The Morgan fingerprint density at radius 2 is 2.16 bits per heavy atom. The lowest BCUT2D eigenvalue weighted by molar-refractivity contribution is 0.171. The lowest BCUT2D eigenvalue weighted by atomic mass is 10.2. The minimum Gasteiger partial charge on any atom is -0.486 e. The van der Waals surface area contributed by atoms with Crippen LogP contribution in [0.2, 0.25) is 5.02 Å². The van der Waals surface area contributed by atoms with E-state index in [4.69, 9.17) is 21.1 Å². The number of ether oxygens (including phenoxy) is 2. The number of hydrogen-bond acceptors (Lipinski definition) is 4. The third-order valence-electron chi connectivity index (χ3n) is 2.86. The van der Waals surface area contributed by atoms with Gasteiger partial charge in [0, 0.05) is 25.0 Å². The lowest BCUT2D eigenvalue weighted by Crippen LogP contribution is -2.17. The van der Waals surface area contributed by atoms with E-state index in [9.17, 15) is 0 Å². The van der Waals surface area contributed by atoms with E-state index in [1.54, 1.807) is 12.5 Å². The molecule has 100 valence electrons. The Hall–Kier alpha value is -1.72. The molecule has 3 rings (SSSR count). The fourth-order valence-corrected chi connectivity index (χ4v) is 2.28. The summed E-state index contributed by atoms with van der Waals surface area (Å²) in [7, 11) is 0. The zero-order valence-corrected chi connectivity index (χ0v) is 11.0. The van der Waals surface area contributed by atoms with Crippen molar-refractivity contribution in [3.8, 4) is 11.5 Å². The van der Waals surface area contributed by atoms with Crippen molar-refractivity contribution in [2.45, 2.75) is 13.1 Å². The van der Waals surface area contributed by atoms with Crippen molar-refractivity contribution in [1.82, 2.24) is 15.3 Å². The van der Waals surface area contributed by atoms with Gasteiger partial charge in [0.05, 0.1) is 11.3 Å². The SMILES string of the molecule is Clc1cc(CNCc2cnc[nH]2)cc2c1OCCO2. The standard InChI is InChI=1S/C13H14ClN3O2/c14-11-3-9(4-12-13(11)19-2-1-18-12)5-15-6-10-7-16-8-17-10/h3-4,7-8,15H,1-2,5-6H2,(H,16,17). The minimum atomic E-state index is 0.546. The molecule has 2 N–H and O–H groups in total. The molecule has 0 saturated heterocycles. The number of fused-ring (bicyclic) bond motifs is 1. The predicted molar refractivity (Wildman–Crippen MR) is 71.6 cm³/mol. The summed E-state index contributed by atoms with van der Waals surface area (Å²) >= 11 is 6.18. The van der Waals surface area contributed by atoms with Gasteiger partial charge in [0.2, 0.25) is 0 Å². The first-order chi connectivity index (χ1) is 9.33. The number of imidazole rings is 1. The highest BCUT2D eigenvalue weighted by Crippen LogP contribution is 2.38. The molecule has 5 nitrogen and oxygen atoms in total. The summed E-state index contributed by atoms with van der Waals surface area (Å²) in [4.78, 5) is 7.01. The quantitative estimate of drug-likeness (QED) is 0.900. The van der Waals surface area contributed by atoms with Gasteiger partial charge in [0.1, 0.15) is 13.2 Å². The summed E-state index contributed by atoms with van der Waals surface area (Å²) in [5, 5.41) is 3.90. The molecule has 1 aromatic heterocycles. The van der Waals surface area contributed by atoms with E-state index in [-0.39, 0.29) is 0 Å². The van der Waals surface area contributed by atoms with E-state index in [0.717, 1.165) is 23.6 Å². The minimum absolute atomic E-state index is 0.546. The van der Waals surface area contributed by atoms with Gasteiger partial charge in [-0.1, -0.05) is 11.6 Å². The monoisotopic (exact) mass is 279 g/mol. The Morgan fingerprint density at radius 1 is 1.26 bits per heavy atom. The Kier molecular flexibility index (Phi) is 3.57. The first kappa shape index (κ1) is 12.3. The van der Waals surface area contributed by atoms with Gasteiger partial charge in [0.15, 0.2) is 11.5 Å². The fraction of sp³-hybridized carbons (Fsp3) is 0.308. The molecule has 1 aromatic carbocycles. The molecule has 0 saturated carbocycles. The zero-order valence-electron chi connectivity index (χ0n) is 10.3. The molecule has 0 atom stereocenters. The number of aromatic amines is 1. The maximum Gasteiger partial charge on any atom is 0.179 e. The van der Waals surface area contributed by atoms with Crippen LogP contribution in [-0.4, -0.2) is 23.2 Å². The van der Waals surface area contributed by atoms with Gasteiger partial charge in [-0.05, 0) is 17.7 Å². The summed E-state index contributed by atoms with van der Waals surface area (Å²) in [5.41, 5.74) is 2.11.